The molecule has 0 aliphatic heterocycles. The van der Waals surface area contributed by atoms with Crippen LogP contribution >= 0.6 is 0 Å². The Bertz CT molecular complexity index is 310. The Labute approximate surface area is 74.4 Å². The number of rotatable bonds is 2. The van der Waals surface area contributed by atoms with Gasteiger partial charge in [0.05, 0.1) is 0 Å². The summed E-state index contributed by atoms with van der Waals surface area (Å²) >= 11 is 0. The molecule has 0 aliphatic rings. The van der Waals surface area contributed by atoms with Gasteiger partial charge in [-0.2, -0.15) is 0 Å². The molecule has 0 aromatic heterocycles. The molecular weight excluding hydrogens is 179 g/mol. The average molecular weight is 189 g/mol. The van der Waals surface area contributed by atoms with Crippen molar-refractivity contribution < 1.29 is 13.2 Å². The molecule has 72 valence electrons. The molecule has 1 atom stereocenters. The third-order valence-electron chi connectivity index (χ3n) is 1.66. The van der Waals surface area contributed by atoms with E-state index in [0.29, 0.717) is 0 Å². The summed E-state index contributed by atoms with van der Waals surface area (Å²) in [6.45, 7) is 1.67. The normalized spacial score (nSPS) is 13.0. The molecule has 0 fully saturated rings. The lowest BCUT2D eigenvalue weighted by atomic mass is 10.1. The van der Waals surface area contributed by atoms with Crippen molar-refractivity contribution in [3.63, 3.8) is 0 Å². The largest absolute Gasteiger partial charge is 0.328 e. The molecule has 1 aromatic rings. The predicted octanol–water partition coefficient (Wildman–Crippen LogP) is 1.99. The fourth-order valence-corrected chi connectivity index (χ4v) is 1.07. The van der Waals surface area contributed by atoms with Gasteiger partial charge in [-0.25, -0.2) is 13.2 Å². The van der Waals surface area contributed by atoms with Gasteiger partial charge in [0.2, 0.25) is 0 Å². The van der Waals surface area contributed by atoms with Crippen molar-refractivity contribution in [2.24, 2.45) is 5.73 Å². The molecule has 0 spiro atoms. The standard InChI is InChI=1S/C9H10F3N/c1-5(13)4-6-2-3-7(10)9(12)8(6)11/h2-3,5H,4,13H2,1H3. The third kappa shape index (κ3) is 2.21. The second kappa shape index (κ2) is 3.79. The molecule has 2 N–H and O–H groups in total. The molecule has 1 unspecified atom stereocenters. The molecule has 0 amide bonds. The Morgan fingerprint density at radius 1 is 1.23 bits per heavy atom. The van der Waals surface area contributed by atoms with E-state index in [1.165, 1.54) is 6.07 Å². The Balaban J connectivity index is 3.04. The topological polar surface area (TPSA) is 26.0 Å². The first-order valence-electron chi connectivity index (χ1n) is 3.90. The van der Waals surface area contributed by atoms with Gasteiger partial charge >= 0.3 is 0 Å². The molecule has 0 saturated heterocycles. The van der Waals surface area contributed by atoms with Crippen LogP contribution < -0.4 is 5.73 Å². The van der Waals surface area contributed by atoms with E-state index in [2.05, 4.69) is 0 Å². The number of halogens is 3. The van der Waals surface area contributed by atoms with Crippen LogP contribution in [0.15, 0.2) is 12.1 Å². The fourth-order valence-electron chi connectivity index (χ4n) is 1.07. The van der Waals surface area contributed by atoms with E-state index in [4.69, 9.17) is 5.73 Å². The zero-order valence-corrected chi connectivity index (χ0v) is 7.15. The summed E-state index contributed by atoms with van der Waals surface area (Å²) in [4.78, 5) is 0. The van der Waals surface area contributed by atoms with Gasteiger partial charge in [-0.1, -0.05) is 6.07 Å². The first-order chi connectivity index (χ1) is 6.02. The van der Waals surface area contributed by atoms with Crippen LogP contribution in [0.25, 0.3) is 0 Å². The summed E-state index contributed by atoms with van der Waals surface area (Å²) in [5.41, 5.74) is 5.50. The maximum absolute atomic E-state index is 13.0. The van der Waals surface area contributed by atoms with Crippen molar-refractivity contribution in [3.8, 4) is 0 Å². The number of nitrogens with two attached hydrogens (primary N) is 1. The maximum Gasteiger partial charge on any atom is 0.194 e. The summed E-state index contributed by atoms with van der Waals surface area (Å²) in [6.07, 6.45) is 0.197. The lowest BCUT2D eigenvalue weighted by Crippen LogP contribution is -2.19. The van der Waals surface area contributed by atoms with Gasteiger partial charge in [-0.15, -0.1) is 0 Å². The zero-order valence-electron chi connectivity index (χ0n) is 7.15. The molecule has 1 rings (SSSR count). The van der Waals surface area contributed by atoms with E-state index < -0.39 is 17.5 Å². The van der Waals surface area contributed by atoms with E-state index >= 15 is 0 Å². The average Bonchev–Trinajstić information content (AvgIpc) is 2.06. The van der Waals surface area contributed by atoms with E-state index in [1.807, 2.05) is 0 Å². The van der Waals surface area contributed by atoms with E-state index in [-0.39, 0.29) is 18.0 Å². The van der Waals surface area contributed by atoms with Crippen LogP contribution in [0.2, 0.25) is 0 Å². The van der Waals surface area contributed by atoms with Crippen LogP contribution in [0, 0.1) is 17.5 Å². The highest BCUT2D eigenvalue weighted by Gasteiger charge is 2.13. The molecule has 1 aromatic carbocycles. The minimum atomic E-state index is -1.43. The van der Waals surface area contributed by atoms with Crippen LogP contribution in [-0.2, 0) is 6.42 Å². The van der Waals surface area contributed by atoms with Crippen molar-refractivity contribution in [1.29, 1.82) is 0 Å². The van der Waals surface area contributed by atoms with Crippen LogP contribution in [0.5, 0.6) is 0 Å². The van der Waals surface area contributed by atoms with Crippen LogP contribution in [0.3, 0.4) is 0 Å². The van der Waals surface area contributed by atoms with Gasteiger partial charge in [0.15, 0.2) is 17.5 Å². The third-order valence-corrected chi connectivity index (χ3v) is 1.66. The smallest absolute Gasteiger partial charge is 0.194 e. The highest BCUT2D eigenvalue weighted by molar-refractivity contribution is 5.21. The van der Waals surface area contributed by atoms with Crippen LogP contribution in [-0.4, -0.2) is 6.04 Å². The van der Waals surface area contributed by atoms with Gasteiger partial charge in [-0.05, 0) is 25.0 Å². The predicted molar refractivity (Wildman–Crippen MR) is 43.7 cm³/mol. The van der Waals surface area contributed by atoms with Crippen molar-refractivity contribution in [1.82, 2.24) is 0 Å². The summed E-state index contributed by atoms with van der Waals surface area (Å²) in [5.74, 6) is -3.75. The number of hydrogen-bond acceptors (Lipinski definition) is 1. The SMILES string of the molecule is CC(N)Cc1ccc(F)c(F)c1F. The van der Waals surface area contributed by atoms with E-state index in [1.54, 1.807) is 6.92 Å². The van der Waals surface area contributed by atoms with E-state index in [9.17, 15) is 13.2 Å². The van der Waals surface area contributed by atoms with E-state index in [0.717, 1.165) is 6.07 Å². The lowest BCUT2D eigenvalue weighted by Gasteiger charge is -2.06. The molecule has 13 heavy (non-hydrogen) atoms. The molecule has 0 heterocycles. The Kier molecular flexibility index (Phi) is 2.93. The second-order valence-electron chi connectivity index (χ2n) is 3.02. The summed E-state index contributed by atoms with van der Waals surface area (Å²) in [5, 5.41) is 0. The summed E-state index contributed by atoms with van der Waals surface area (Å²) in [6, 6.07) is 1.83. The zero-order chi connectivity index (χ0) is 10.0. The summed E-state index contributed by atoms with van der Waals surface area (Å²) < 4.78 is 38.1. The fraction of sp³-hybridized carbons (Fsp3) is 0.333. The first-order valence-corrected chi connectivity index (χ1v) is 3.90. The summed E-state index contributed by atoms with van der Waals surface area (Å²) in [7, 11) is 0. The Hall–Kier alpha value is -1.03. The van der Waals surface area contributed by atoms with Gasteiger partial charge in [0.1, 0.15) is 0 Å². The monoisotopic (exact) mass is 189 g/mol. The molecular formula is C9H10F3N. The van der Waals surface area contributed by atoms with Gasteiger partial charge in [-0.3, -0.25) is 0 Å². The molecule has 0 aliphatic carbocycles. The molecule has 0 saturated carbocycles. The van der Waals surface area contributed by atoms with Gasteiger partial charge in [0, 0.05) is 6.04 Å². The Morgan fingerprint density at radius 3 is 2.38 bits per heavy atom. The lowest BCUT2D eigenvalue weighted by molar-refractivity contribution is 0.439. The van der Waals surface area contributed by atoms with Crippen molar-refractivity contribution >= 4 is 0 Å². The van der Waals surface area contributed by atoms with Gasteiger partial charge < -0.3 is 5.73 Å². The highest BCUT2D eigenvalue weighted by Crippen LogP contribution is 2.15. The van der Waals surface area contributed by atoms with Crippen LogP contribution in [0.4, 0.5) is 13.2 Å². The minimum Gasteiger partial charge on any atom is -0.328 e. The van der Waals surface area contributed by atoms with Gasteiger partial charge in [0.25, 0.3) is 0 Å². The molecule has 1 nitrogen and oxygen atoms in total. The maximum atomic E-state index is 13.0. The number of benzene rings is 1. The van der Waals surface area contributed by atoms with Crippen molar-refractivity contribution in [3.05, 3.63) is 35.1 Å². The Morgan fingerprint density at radius 2 is 1.85 bits per heavy atom. The quantitative estimate of drug-likeness (QED) is 0.707. The molecule has 0 radical (unpaired) electrons. The van der Waals surface area contributed by atoms with Crippen molar-refractivity contribution in [2.45, 2.75) is 19.4 Å². The second-order valence-corrected chi connectivity index (χ2v) is 3.02. The van der Waals surface area contributed by atoms with Crippen molar-refractivity contribution in [2.75, 3.05) is 0 Å². The minimum absolute atomic E-state index is 0.105. The van der Waals surface area contributed by atoms with Crippen LogP contribution in [0.1, 0.15) is 12.5 Å². The molecule has 0 bridgehead atoms. The first kappa shape index (κ1) is 10.1. The molecule has 4 heteroatoms. The highest BCUT2D eigenvalue weighted by atomic mass is 19.2. The number of hydrogen-bond donors (Lipinski definition) is 1.